The molecule has 0 unspecified atom stereocenters. The minimum Gasteiger partial charge on any atom is -0.383 e. The van der Waals surface area contributed by atoms with Gasteiger partial charge in [0, 0.05) is 30.2 Å². The molecule has 0 aliphatic carbocycles. The van der Waals surface area contributed by atoms with Gasteiger partial charge < -0.3 is 15.4 Å². The van der Waals surface area contributed by atoms with Crippen LogP contribution < -0.4 is 10.6 Å². The number of hydrogen-bond donors (Lipinski definition) is 2. The Morgan fingerprint density at radius 3 is 2.48 bits per heavy atom. The van der Waals surface area contributed by atoms with Gasteiger partial charge in [-0.05, 0) is 31.0 Å². The van der Waals surface area contributed by atoms with Crippen molar-refractivity contribution in [1.82, 2.24) is 10.6 Å². The molecule has 4 nitrogen and oxygen atoms in total. The van der Waals surface area contributed by atoms with E-state index in [1.165, 1.54) is 0 Å². The van der Waals surface area contributed by atoms with Gasteiger partial charge in [-0.1, -0.05) is 29.3 Å². The summed E-state index contributed by atoms with van der Waals surface area (Å²) in [6.45, 7) is 4.78. The van der Waals surface area contributed by atoms with Crippen molar-refractivity contribution in [2.75, 3.05) is 33.4 Å². The van der Waals surface area contributed by atoms with E-state index >= 15 is 0 Å². The number of benzene rings is 1. The molecular weight excluding hydrogens is 424 g/mol. The Bertz CT molecular complexity index is 424. The second-order valence-corrected chi connectivity index (χ2v) is 4.94. The van der Waals surface area contributed by atoms with E-state index in [0.717, 1.165) is 24.5 Å². The zero-order valence-electron chi connectivity index (χ0n) is 12.3. The van der Waals surface area contributed by atoms with Gasteiger partial charge in [0.1, 0.15) is 0 Å². The van der Waals surface area contributed by atoms with Crippen LogP contribution in [0.2, 0.25) is 10.0 Å². The summed E-state index contributed by atoms with van der Waals surface area (Å²) in [6.07, 6.45) is 0.743. The van der Waals surface area contributed by atoms with Gasteiger partial charge >= 0.3 is 0 Å². The molecule has 1 aromatic rings. The first kappa shape index (κ1) is 20.8. The lowest BCUT2D eigenvalue weighted by atomic mass is 10.1. The highest BCUT2D eigenvalue weighted by Crippen LogP contribution is 2.24. The fourth-order valence-electron chi connectivity index (χ4n) is 1.67. The minimum atomic E-state index is 0. The van der Waals surface area contributed by atoms with Crippen LogP contribution in [0.4, 0.5) is 0 Å². The zero-order valence-corrected chi connectivity index (χ0v) is 16.1. The van der Waals surface area contributed by atoms with Crippen molar-refractivity contribution in [3.05, 3.63) is 33.8 Å². The van der Waals surface area contributed by atoms with Crippen molar-refractivity contribution in [3.63, 3.8) is 0 Å². The zero-order chi connectivity index (χ0) is 14.8. The summed E-state index contributed by atoms with van der Waals surface area (Å²) in [5.41, 5.74) is 0.955. The molecule has 1 rings (SSSR count). The molecule has 0 aliphatic heterocycles. The summed E-state index contributed by atoms with van der Waals surface area (Å²) in [7, 11) is 1.66. The summed E-state index contributed by atoms with van der Waals surface area (Å²) < 4.78 is 4.98. The predicted octanol–water partition coefficient (Wildman–Crippen LogP) is 3.36. The van der Waals surface area contributed by atoms with Crippen LogP contribution in [0.5, 0.6) is 0 Å². The Hall–Kier alpha value is -0.240. The summed E-state index contributed by atoms with van der Waals surface area (Å²) in [6, 6.07) is 5.54. The molecule has 0 saturated heterocycles. The Balaban J connectivity index is 0.00000400. The molecule has 0 radical (unpaired) electrons. The summed E-state index contributed by atoms with van der Waals surface area (Å²) in [4.78, 5) is 4.38. The first-order chi connectivity index (χ1) is 9.69. The normalized spacial score (nSPS) is 11.0. The van der Waals surface area contributed by atoms with Gasteiger partial charge in [-0.2, -0.15) is 0 Å². The highest BCUT2D eigenvalue weighted by Gasteiger charge is 2.05. The number of aliphatic imine (C=N–C) groups is 1. The number of methoxy groups -OCH3 is 1. The van der Waals surface area contributed by atoms with E-state index in [4.69, 9.17) is 27.9 Å². The third kappa shape index (κ3) is 8.09. The second-order valence-electron chi connectivity index (χ2n) is 4.13. The number of hydrogen-bond acceptors (Lipinski definition) is 2. The van der Waals surface area contributed by atoms with Crippen molar-refractivity contribution >= 4 is 53.1 Å². The summed E-state index contributed by atoms with van der Waals surface area (Å²) in [5, 5.41) is 7.81. The van der Waals surface area contributed by atoms with E-state index < -0.39 is 0 Å². The van der Waals surface area contributed by atoms with Gasteiger partial charge in [0.15, 0.2) is 5.96 Å². The van der Waals surface area contributed by atoms with Crippen LogP contribution in [-0.2, 0) is 11.2 Å². The molecule has 0 bridgehead atoms. The molecule has 0 amide bonds. The van der Waals surface area contributed by atoms with Crippen LogP contribution >= 0.6 is 47.2 Å². The van der Waals surface area contributed by atoms with Crippen LogP contribution in [0.3, 0.4) is 0 Å². The number of ether oxygens (including phenoxy) is 1. The Labute approximate surface area is 153 Å². The van der Waals surface area contributed by atoms with Gasteiger partial charge in [0.05, 0.1) is 13.2 Å². The minimum absolute atomic E-state index is 0. The van der Waals surface area contributed by atoms with E-state index in [9.17, 15) is 0 Å². The lowest BCUT2D eigenvalue weighted by molar-refractivity contribution is 0.208. The van der Waals surface area contributed by atoms with Crippen LogP contribution in [0.15, 0.2) is 23.2 Å². The van der Waals surface area contributed by atoms with E-state index in [0.29, 0.717) is 29.7 Å². The topological polar surface area (TPSA) is 45.7 Å². The molecule has 120 valence electrons. The molecule has 21 heavy (non-hydrogen) atoms. The number of nitrogens with zero attached hydrogens (tertiary/aromatic N) is 1. The van der Waals surface area contributed by atoms with Crippen LogP contribution in [0, 0.1) is 0 Å². The molecule has 0 aromatic heterocycles. The fourth-order valence-corrected chi connectivity index (χ4v) is 2.25. The van der Waals surface area contributed by atoms with Crippen molar-refractivity contribution < 1.29 is 4.74 Å². The van der Waals surface area contributed by atoms with E-state index in [-0.39, 0.29) is 24.0 Å². The standard InChI is InChI=1S/C14H21Cl2N3O.HI/c1-3-17-14(19-9-10-20-2)18-8-7-11-12(15)5-4-6-13(11)16;/h4-6H,3,7-10H2,1-2H3,(H2,17,18,19);1H. The SMILES string of the molecule is CCNC(=NCCOC)NCCc1c(Cl)cccc1Cl.I. The van der Waals surface area contributed by atoms with Crippen molar-refractivity contribution in [2.45, 2.75) is 13.3 Å². The van der Waals surface area contributed by atoms with Crippen LogP contribution in [0.25, 0.3) is 0 Å². The number of halogens is 3. The number of rotatable bonds is 7. The monoisotopic (exact) mass is 445 g/mol. The van der Waals surface area contributed by atoms with Crippen LogP contribution in [0.1, 0.15) is 12.5 Å². The number of guanidine groups is 1. The van der Waals surface area contributed by atoms with Gasteiger partial charge in [-0.3, -0.25) is 4.99 Å². The van der Waals surface area contributed by atoms with Crippen molar-refractivity contribution in [1.29, 1.82) is 0 Å². The molecule has 0 aliphatic rings. The van der Waals surface area contributed by atoms with Gasteiger partial charge in [-0.25, -0.2) is 0 Å². The molecule has 0 fully saturated rings. The molecular formula is C14H22Cl2IN3O. The molecule has 0 saturated carbocycles. The molecule has 0 spiro atoms. The maximum Gasteiger partial charge on any atom is 0.191 e. The molecule has 2 N–H and O–H groups in total. The van der Waals surface area contributed by atoms with Crippen molar-refractivity contribution in [2.24, 2.45) is 4.99 Å². The number of nitrogens with one attached hydrogen (secondary N) is 2. The first-order valence-electron chi connectivity index (χ1n) is 6.63. The van der Waals surface area contributed by atoms with Gasteiger partial charge in [-0.15, -0.1) is 24.0 Å². The van der Waals surface area contributed by atoms with Gasteiger partial charge in [0.25, 0.3) is 0 Å². The molecule has 7 heteroatoms. The first-order valence-corrected chi connectivity index (χ1v) is 7.38. The van der Waals surface area contributed by atoms with E-state index in [1.807, 2.05) is 25.1 Å². The van der Waals surface area contributed by atoms with Crippen molar-refractivity contribution in [3.8, 4) is 0 Å². The maximum absolute atomic E-state index is 6.13. The van der Waals surface area contributed by atoms with Gasteiger partial charge in [0.2, 0.25) is 0 Å². The average Bonchev–Trinajstić information content (AvgIpc) is 2.42. The Morgan fingerprint density at radius 2 is 1.90 bits per heavy atom. The fraction of sp³-hybridized carbons (Fsp3) is 0.500. The Kier molecular flexibility index (Phi) is 12.2. The quantitative estimate of drug-likeness (QED) is 0.293. The molecule has 0 atom stereocenters. The highest BCUT2D eigenvalue weighted by atomic mass is 127. The van der Waals surface area contributed by atoms with E-state index in [1.54, 1.807) is 7.11 Å². The summed E-state index contributed by atoms with van der Waals surface area (Å²) >= 11 is 12.3. The van der Waals surface area contributed by atoms with Crippen LogP contribution in [-0.4, -0.2) is 39.3 Å². The summed E-state index contributed by atoms with van der Waals surface area (Å²) in [5.74, 6) is 0.771. The van der Waals surface area contributed by atoms with E-state index in [2.05, 4.69) is 15.6 Å². The lowest BCUT2D eigenvalue weighted by Crippen LogP contribution is -2.38. The third-order valence-corrected chi connectivity index (χ3v) is 3.35. The maximum atomic E-state index is 6.13. The molecule has 0 heterocycles. The Morgan fingerprint density at radius 1 is 1.24 bits per heavy atom. The molecule has 1 aromatic carbocycles. The third-order valence-electron chi connectivity index (χ3n) is 2.64. The average molecular weight is 446 g/mol. The highest BCUT2D eigenvalue weighted by molar-refractivity contribution is 14.0. The smallest absolute Gasteiger partial charge is 0.191 e. The predicted molar refractivity (Wildman–Crippen MR) is 101 cm³/mol. The second kappa shape index (κ2) is 12.3. The lowest BCUT2D eigenvalue weighted by Gasteiger charge is -2.12. The largest absolute Gasteiger partial charge is 0.383 e.